The number of fused-ring (bicyclic) bond motifs is 2. The van der Waals surface area contributed by atoms with Crippen molar-refractivity contribution in [2.75, 3.05) is 31.1 Å². The van der Waals surface area contributed by atoms with Crippen molar-refractivity contribution in [3.05, 3.63) is 99.6 Å². The van der Waals surface area contributed by atoms with Gasteiger partial charge in [-0.2, -0.15) is 0 Å². The van der Waals surface area contributed by atoms with Crippen LogP contribution in [0.25, 0.3) is 0 Å². The molecule has 0 saturated carbocycles. The van der Waals surface area contributed by atoms with Gasteiger partial charge in [-0.05, 0) is 54.2 Å². The van der Waals surface area contributed by atoms with Crippen LogP contribution in [0.1, 0.15) is 43.8 Å². The predicted molar refractivity (Wildman–Crippen MR) is 138 cm³/mol. The summed E-state index contributed by atoms with van der Waals surface area (Å²) in [6.45, 7) is 3.80. The number of benzene rings is 3. The van der Waals surface area contributed by atoms with Crippen molar-refractivity contribution in [2.24, 2.45) is 0 Å². The largest absolute Gasteiger partial charge is 0.368 e. The van der Waals surface area contributed by atoms with Crippen LogP contribution in [0.5, 0.6) is 0 Å². The monoisotopic (exact) mass is 485 g/mol. The third kappa shape index (κ3) is 4.03. The Labute approximate surface area is 210 Å². The van der Waals surface area contributed by atoms with Crippen LogP contribution in [0.2, 0.25) is 5.02 Å². The molecule has 0 radical (unpaired) electrons. The molecule has 0 N–H and O–H groups in total. The summed E-state index contributed by atoms with van der Waals surface area (Å²) in [4.78, 5) is 32.8. The Morgan fingerprint density at radius 2 is 1.54 bits per heavy atom. The topological polar surface area (TPSA) is 43.9 Å². The summed E-state index contributed by atoms with van der Waals surface area (Å²) in [5, 5.41) is 0.561. The Balaban J connectivity index is 1.17. The summed E-state index contributed by atoms with van der Waals surface area (Å²) in [6, 6.07) is 22.4. The number of carbonyl (C=O) groups is 2. The van der Waals surface area contributed by atoms with Crippen molar-refractivity contribution in [1.82, 2.24) is 9.80 Å². The lowest BCUT2D eigenvalue weighted by Gasteiger charge is -2.42. The van der Waals surface area contributed by atoms with Gasteiger partial charge in [0, 0.05) is 37.2 Å². The van der Waals surface area contributed by atoms with Crippen LogP contribution < -0.4 is 4.90 Å². The van der Waals surface area contributed by atoms with Gasteiger partial charge in [0.15, 0.2) is 0 Å². The van der Waals surface area contributed by atoms with Gasteiger partial charge in [0.25, 0.3) is 11.8 Å². The molecular formula is C29H28ClN3O2. The van der Waals surface area contributed by atoms with E-state index in [1.807, 2.05) is 30.3 Å². The van der Waals surface area contributed by atoms with Gasteiger partial charge in [0.05, 0.1) is 23.4 Å². The molecule has 0 bridgehead atoms. The lowest BCUT2D eigenvalue weighted by molar-refractivity contribution is 0.0642. The number of carbonyl (C=O) groups excluding carboxylic acids is 2. The smallest absolute Gasteiger partial charge is 0.263 e. The van der Waals surface area contributed by atoms with Crippen LogP contribution in [0.4, 0.5) is 5.69 Å². The number of aryl methyl sites for hydroxylation is 1. The third-order valence-corrected chi connectivity index (χ3v) is 8.12. The molecule has 178 valence electrons. The summed E-state index contributed by atoms with van der Waals surface area (Å²) < 4.78 is 0. The van der Waals surface area contributed by atoms with Gasteiger partial charge >= 0.3 is 0 Å². The molecule has 3 aromatic rings. The van der Waals surface area contributed by atoms with Gasteiger partial charge < -0.3 is 4.90 Å². The van der Waals surface area contributed by atoms with E-state index in [0.717, 1.165) is 50.3 Å². The van der Waals surface area contributed by atoms with E-state index in [2.05, 4.69) is 34.1 Å². The highest BCUT2D eigenvalue weighted by atomic mass is 35.5. The van der Waals surface area contributed by atoms with E-state index in [4.69, 9.17) is 11.6 Å². The average Bonchev–Trinajstić information content (AvgIpc) is 3.14. The van der Waals surface area contributed by atoms with E-state index in [-0.39, 0.29) is 18.4 Å². The van der Waals surface area contributed by atoms with E-state index < -0.39 is 0 Å². The number of amides is 2. The number of hydrogen-bond acceptors (Lipinski definition) is 4. The first-order chi connectivity index (χ1) is 17.1. The van der Waals surface area contributed by atoms with Crippen LogP contribution in [-0.4, -0.2) is 53.8 Å². The van der Waals surface area contributed by atoms with Gasteiger partial charge in [-0.15, -0.1) is 0 Å². The molecule has 1 atom stereocenters. The van der Waals surface area contributed by atoms with Crippen LogP contribution >= 0.6 is 11.6 Å². The molecule has 1 unspecified atom stereocenters. The van der Waals surface area contributed by atoms with Crippen molar-refractivity contribution >= 4 is 29.1 Å². The molecule has 2 aliphatic heterocycles. The molecule has 5 nitrogen and oxygen atoms in total. The second-order valence-corrected chi connectivity index (χ2v) is 10.1. The maximum absolute atomic E-state index is 13.4. The second kappa shape index (κ2) is 9.14. The molecule has 1 aliphatic carbocycles. The SMILES string of the molecule is O=C1c2cccc(N3CCN(C4CCc5ccccc5C4)CC3)c2C(=O)N1Cc1ccccc1Cl. The van der Waals surface area contributed by atoms with Crippen LogP contribution in [0.15, 0.2) is 66.7 Å². The minimum atomic E-state index is -0.244. The minimum absolute atomic E-state index is 0.183. The van der Waals surface area contributed by atoms with Crippen molar-refractivity contribution < 1.29 is 9.59 Å². The molecule has 3 aliphatic rings. The standard InChI is InChI=1S/C29H28ClN3O2/c30-25-10-4-3-8-22(25)19-33-28(34)24-9-5-11-26(27(24)29(33)35)32-16-14-31(15-17-32)23-13-12-20-6-1-2-7-21(20)18-23/h1-11,23H,12-19H2. The fourth-order valence-corrected chi connectivity index (χ4v) is 6.03. The minimum Gasteiger partial charge on any atom is -0.368 e. The van der Waals surface area contributed by atoms with Gasteiger partial charge in [-0.3, -0.25) is 19.4 Å². The normalized spacial score (nSPS) is 20.2. The molecule has 2 amide bonds. The van der Waals surface area contributed by atoms with Crippen molar-refractivity contribution in [1.29, 1.82) is 0 Å². The molecule has 0 aromatic heterocycles. The van der Waals surface area contributed by atoms with Crippen molar-refractivity contribution in [3.8, 4) is 0 Å². The Morgan fingerprint density at radius 1 is 0.800 bits per heavy atom. The van der Waals surface area contributed by atoms with Gasteiger partial charge in [0.1, 0.15) is 0 Å². The molecular weight excluding hydrogens is 458 g/mol. The molecule has 3 aromatic carbocycles. The number of halogens is 1. The fourth-order valence-electron chi connectivity index (χ4n) is 5.84. The highest BCUT2D eigenvalue weighted by Crippen LogP contribution is 2.34. The first-order valence-electron chi connectivity index (χ1n) is 12.4. The summed E-state index contributed by atoms with van der Waals surface area (Å²) in [5.74, 6) is -0.474. The van der Waals surface area contributed by atoms with Crippen LogP contribution in [0.3, 0.4) is 0 Å². The van der Waals surface area contributed by atoms with Gasteiger partial charge in [0.2, 0.25) is 0 Å². The first kappa shape index (κ1) is 22.3. The number of anilines is 1. The zero-order valence-electron chi connectivity index (χ0n) is 19.6. The Kier molecular flexibility index (Phi) is 5.83. The molecule has 6 rings (SSSR count). The van der Waals surface area contributed by atoms with Gasteiger partial charge in [-0.1, -0.05) is 60.1 Å². The maximum atomic E-state index is 13.4. The fraction of sp³-hybridized carbons (Fsp3) is 0.310. The Bertz CT molecular complexity index is 1300. The number of rotatable bonds is 4. The summed E-state index contributed by atoms with van der Waals surface area (Å²) in [7, 11) is 0. The van der Waals surface area contributed by atoms with E-state index in [9.17, 15) is 9.59 Å². The van der Waals surface area contributed by atoms with Crippen LogP contribution in [0, 0.1) is 0 Å². The molecule has 1 fully saturated rings. The van der Waals surface area contributed by atoms with E-state index >= 15 is 0 Å². The average molecular weight is 486 g/mol. The molecule has 35 heavy (non-hydrogen) atoms. The van der Waals surface area contributed by atoms with E-state index in [1.165, 1.54) is 22.4 Å². The first-order valence-corrected chi connectivity index (χ1v) is 12.8. The van der Waals surface area contributed by atoms with E-state index in [0.29, 0.717) is 22.2 Å². The summed E-state index contributed by atoms with van der Waals surface area (Å²) in [5.41, 5.74) is 5.64. The Hall–Kier alpha value is -3.15. The second-order valence-electron chi connectivity index (χ2n) is 9.68. The maximum Gasteiger partial charge on any atom is 0.263 e. The highest BCUT2D eigenvalue weighted by molar-refractivity contribution is 6.31. The Morgan fingerprint density at radius 3 is 2.34 bits per heavy atom. The van der Waals surface area contributed by atoms with Crippen LogP contribution in [-0.2, 0) is 19.4 Å². The number of piperazine rings is 1. The highest BCUT2D eigenvalue weighted by Gasteiger charge is 2.39. The molecule has 6 heteroatoms. The van der Waals surface area contributed by atoms with E-state index in [1.54, 1.807) is 12.1 Å². The lowest BCUT2D eigenvalue weighted by atomic mass is 9.87. The quantitative estimate of drug-likeness (QED) is 0.497. The summed E-state index contributed by atoms with van der Waals surface area (Å²) >= 11 is 6.31. The predicted octanol–water partition coefficient (Wildman–Crippen LogP) is 4.82. The van der Waals surface area contributed by atoms with Gasteiger partial charge in [-0.25, -0.2) is 0 Å². The van der Waals surface area contributed by atoms with Crippen molar-refractivity contribution in [3.63, 3.8) is 0 Å². The third-order valence-electron chi connectivity index (χ3n) is 7.76. The number of nitrogens with zero attached hydrogens (tertiary/aromatic N) is 3. The number of hydrogen-bond donors (Lipinski definition) is 0. The zero-order chi connectivity index (χ0) is 23.9. The molecule has 0 spiro atoms. The number of imide groups is 1. The lowest BCUT2D eigenvalue weighted by Crippen LogP contribution is -2.52. The summed E-state index contributed by atoms with van der Waals surface area (Å²) in [6.07, 6.45) is 3.45. The molecule has 2 heterocycles. The van der Waals surface area contributed by atoms with Crippen molar-refractivity contribution in [2.45, 2.75) is 31.8 Å². The molecule has 1 saturated heterocycles. The zero-order valence-corrected chi connectivity index (χ0v) is 20.4.